The van der Waals surface area contributed by atoms with Crippen molar-refractivity contribution in [2.75, 3.05) is 7.05 Å². The van der Waals surface area contributed by atoms with Gasteiger partial charge in [0, 0.05) is 0 Å². The predicted octanol–water partition coefficient (Wildman–Crippen LogP) is -0.00251. The topological polar surface area (TPSA) is 29.1 Å². The normalized spacial score (nSPS) is 13.4. The molecule has 0 aliphatic rings. The van der Waals surface area contributed by atoms with Crippen molar-refractivity contribution < 1.29 is 4.79 Å². The summed E-state index contributed by atoms with van der Waals surface area (Å²) < 4.78 is 0. The number of nitrogens with one attached hydrogen (secondary N) is 1. The van der Waals surface area contributed by atoms with E-state index in [-0.39, 0.29) is 6.04 Å². The van der Waals surface area contributed by atoms with Crippen LogP contribution in [0.15, 0.2) is 0 Å². The van der Waals surface area contributed by atoms with Crippen LogP contribution in [-0.4, -0.2) is 19.4 Å². The molecular weight excluding hydrogens is 90.1 g/mol. The second-order valence-electron chi connectivity index (χ2n) is 1.32. The zero-order chi connectivity index (χ0) is 5.70. The van der Waals surface area contributed by atoms with Gasteiger partial charge in [-0.15, -0.1) is 0 Å². The highest BCUT2D eigenvalue weighted by atomic mass is 16.1. The van der Waals surface area contributed by atoms with E-state index < -0.39 is 0 Å². The summed E-state index contributed by atoms with van der Waals surface area (Å²) in [5.41, 5.74) is 0. The van der Waals surface area contributed by atoms with Crippen molar-refractivity contribution in [1.29, 1.82) is 0 Å². The molecule has 0 spiro atoms. The fourth-order valence-corrected chi connectivity index (χ4v) is 0.280. The van der Waals surface area contributed by atoms with Gasteiger partial charge < -0.3 is 10.1 Å². The first kappa shape index (κ1) is 6.63. The lowest BCUT2D eigenvalue weighted by Crippen LogP contribution is -2.25. The average Bonchev–Trinajstić information content (AvgIpc) is 1.72. The SMILES string of the molecule is [CH2]CC(C=O)NC. The summed E-state index contributed by atoms with van der Waals surface area (Å²) in [6, 6.07) is -0.0556. The molecule has 0 aliphatic carbocycles. The van der Waals surface area contributed by atoms with E-state index in [2.05, 4.69) is 12.2 Å². The molecule has 0 saturated heterocycles. The van der Waals surface area contributed by atoms with Crippen molar-refractivity contribution >= 4 is 6.29 Å². The Morgan fingerprint density at radius 3 is 2.57 bits per heavy atom. The van der Waals surface area contributed by atoms with Crippen molar-refractivity contribution in [3.05, 3.63) is 6.92 Å². The molecule has 0 heterocycles. The van der Waals surface area contributed by atoms with Gasteiger partial charge in [0.1, 0.15) is 6.29 Å². The van der Waals surface area contributed by atoms with Crippen LogP contribution < -0.4 is 5.32 Å². The number of rotatable bonds is 3. The Bertz CT molecular complexity index is 50.0. The third kappa shape index (κ3) is 2.34. The number of carbonyl (C=O) groups is 1. The molecule has 0 aromatic rings. The van der Waals surface area contributed by atoms with Crippen LogP contribution in [0.1, 0.15) is 6.42 Å². The minimum Gasteiger partial charge on any atom is -0.311 e. The van der Waals surface area contributed by atoms with Gasteiger partial charge in [-0.05, 0) is 13.5 Å². The highest BCUT2D eigenvalue weighted by Crippen LogP contribution is 1.79. The number of carbonyl (C=O) groups excluding carboxylic acids is 1. The molecule has 1 radical (unpaired) electrons. The molecule has 2 heteroatoms. The first-order valence-electron chi connectivity index (χ1n) is 2.27. The molecule has 0 aromatic heterocycles. The van der Waals surface area contributed by atoms with E-state index in [0.29, 0.717) is 6.42 Å². The van der Waals surface area contributed by atoms with Crippen LogP contribution in [0.2, 0.25) is 0 Å². The maximum Gasteiger partial charge on any atom is 0.136 e. The van der Waals surface area contributed by atoms with Gasteiger partial charge in [-0.1, -0.05) is 6.92 Å². The van der Waals surface area contributed by atoms with Gasteiger partial charge in [-0.3, -0.25) is 0 Å². The Balaban J connectivity index is 3.16. The number of aldehydes is 1. The van der Waals surface area contributed by atoms with Crippen LogP contribution in [-0.2, 0) is 4.79 Å². The lowest BCUT2D eigenvalue weighted by atomic mass is 10.3. The predicted molar refractivity (Wildman–Crippen MR) is 28.9 cm³/mol. The molecule has 7 heavy (non-hydrogen) atoms. The number of hydrogen-bond donors (Lipinski definition) is 1. The van der Waals surface area contributed by atoms with E-state index in [0.717, 1.165) is 6.29 Å². The van der Waals surface area contributed by atoms with E-state index in [1.807, 2.05) is 0 Å². The molecule has 1 unspecified atom stereocenters. The lowest BCUT2D eigenvalue weighted by Gasteiger charge is -2.00. The van der Waals surface area contributed by atoms with Gasteiger partial charge in [0.2, 0.25) is 0 Å². The Labute approximate surface area is 43.9 Å². The maximum absolute atomic E-state index is 9.86. The second-order valence-corrected chi connectivity index (χ2v) is 1.32. The zero-order valence-corrected chi connectivity index (χ0v) is 4.48. The van der Waals surface area contributed by atoms with Crippen LogP contribution in [0.3, 0.4) is 0 Å². The van der Waals surface area contributed by atoms with E-state index in [9.17, 15) is 4.79 Å². The van der Waals surface area contributed by atoms with Crippen molar-refractivity contribution in [2.45, 2.75) is 12.5 Å². The summed E-state index contributed by atoms with van der Waals surface area (Å²) in [4.78, 5) is 9.86. The molecule has 41 valence electrons. The van der Waals surface area contributed by atoms with E-state index in [4.69, 9.17) is 0 Å². The zero-order valence-electron chi connectivity index (χ0n) is 4.48. The van der Waals surface area contributed by atoms with Crippen molar-refractivity contribution in [1.82, 2.24) is 5.32 Å². The second kappa shape index (κ2) is 3.81. The smallest absolute Gasteiger partial charge is 0.136 e. The molecule has 0 rings (SSSR count). The van der Waals surface area contributed by atoms with Crippen molar-refractivity contribution in [2.24, 2.45) is 0 Å². The van der Waals surface area contributed by atoms with Gasteiger partial charge in [0.05, 0.1) is 6.04 Å². The summed E-state index contributed by atoms with van der Waals surface area (Å²) in [5.74, 6) is 0. The average molecular weight is 100 g/mol. The van der Waals surface area contributed by atoms with Crippen LogP contribution in [0.4, 0.5) is 0 Å². The Morgan fingerprint density at radius 2 is 2.57 bits per heavy atom. The van der Waals surface area contributed by atoms with Gasteiger partial charge in [-0.2, -0.15) is 0 Å². The fraction of sp³-hybridized carbons (Fsp3) is 0.600. The molecule has 0 bridgehead atoms. The summed E-state index contributed by atoms with van der Waals surface area (Å²) >= 11 is 0. The van der Waals surface area contributed by atoms with Crippen LogP contribution >= 0.6 is 0 Å². The van der Waals surface area contributed by atoms with E-state index in [1.54, 1.807) is 7.05 Å². The largest absolute Gasteiger partial charge is 0.311 e. The van der Waals surface area contributed by atoms with Gasteiger partial charge in [0.15, 0.2) is 0 Å². The molecular formula is C5H10NO. The molecule has 0 amide bonds. The van der Waals surface area contributed by atoms with E-state index >= 15 is 0 Å². The molecule has 1 N–H and O–H groups in total. The summed E-state index contributed by atoms with van der Waals surface area (Å²) in [7, 11) is 1.74. The third-order valence-corrected chi connectivity index (χ3v) is 0.846. The molecule has 1 atom stereocenters. The Hall–Kier alpha value is -0.370. The minimum absolute atomic E-state index is 0.0556. The molecule has 0 aliphatic heterocycles. The summed E-state index contributed by atoms with van der Waals surface area (Å²) in [5, 5.41) is 2.77. The maximum atomic E-state index is 9.86. The van der Waals surface area contributed by atoms with Crippen molar-refractivity contribution in [3.63, 3.8) is 0 Å². The Morgan fingerprint density at radius 1 is 2.00 bits per heavy atom. The monoisotopic (exact) mass is 100 g/mol. The summed E-state index contributed by atoms with van der Waals surface area (Å²) in [6.45, 7) is 3.53. The third-order valence-electron chi connectivity index (χ3n) is 0.846. The standard InChI is InChI=1S/C5H10NO/c1-3-5(4-7)6-2/h4-6H,1,3H2,2H3. The first-order valence-corrected chi connectivity index (χ1v) is 2.27. The molecule has 0 saturated carbocycles. The lowest BCUT2D eigenvalue weighted by molar-refractivity contribution is -0.109. The number of hydrogen-bond acceptors (Lipinski definition) is 2. The first-order chi connectivity index (χ1) is 3.35. The van der Waals surface area contributed by atoms with Gasteiger partial charge >= 0.3 is 0 Å². The minimum atomic E-state index is -0.0556. The van der Waals surface area contributed by atoms with Crippen LogP contribution in [0.5, 0.6) is 0 Å². The van der Waals surface area contributed by atoms with Crippen LogP contribution in [0, 0.1) is 6.92 Å². The van der Waals surface area contributed by atoms with E-state index in [1.165, 1.54) is 0 Å². The molecule has 2 nitrogen and oxygen atoms in total. The molecule has 0 fully saturated rings. The number of likely N-dealkylation sites (N-methyl/N-ethyl adjacent to an activating group) is 1. The fourth-order valence-electron chi connectivity index (χ4n) is 0.280. The highest BCUT2D eigenvalue weighted by Gasteiger charge is 1.95. The molecule has 0 aromatic carbocycles. The highest BCUT2D eigenvalue weighted by molar-refractivity contribution is 5.57. The van der Waals surface area contributed by atoms with Crippen LogP contribution in [0.25, 0.3) is 0 Å². The van der Waals surface area contributed by atoms with Gasteiger partial charge in [0.25, 0.3) is 0 Å². The van der Waals surface area contributed by atoms with Crippen molar-refractivity contribution in [3.8, 4) is 0 Å². The summed E-state index contributed by atoms with van der Waals surface area (Å²) in [6.07, 6.45) is 1.48. The quantitative estimate of drug-likeness (QED) is 0.506. The van der Waals surface area contributed by atoms with Gasteiger partial charge in [-0.25, -0.2) is 0 Å². The Kier molecular flexibility index (Phi) is 3.61.